The third-order valence-electron chi connectivity index (χ3n) is 7.09. The van der Waals surface area contributed by atoms with E-state index in [1.807, 2.05) is 31.2 Å². The van der Waals surface area contributed by atoms with Gasteiger partial charge >= 0.3 is 5.97 Å². The molecular weight excluding hydrogens is 550 g/mol. The SMILES string of the molecule is CCOC(=O)c1cc(C)c2cc(CC)n(Cc3ccc(-c4ccccc4N(C(=O)c4ccccc4)S(=O)[O-])cc3)c2n1. The van der Waals surface area contributed by atoms with Crippen molar-refractivity contribution in [2.24, 2.45) is 0 Å². The van der Waals surface area contributed by atoms with Crippen LogP contribution in [-0.4, -0.2) is 36.8 Å². The Morgan fingerprint density at radius 3 is 2.31 bits per heavy atom. The third-order valence-corrected chi connectivity index (χ3v) is 7.75. The molecule has 42 heavy (non-hydrogen) atoms. The molecule has 1 amide bonds. The van der Waals surface area contributed by atoms with Gasteiger partial charge in [-0.1, -0.05) is 67.6 Å². The quantitative estimate of drug-likeness (QED) is 0.151. The van der Waals surface area contributed by atoms with Crippen LogP contribution in [0.2, 0.25) is 0 Å². The molecule has 0 fully saturated rings. The standard InChI is InChI=1S/C33H31N3O5S/c1-4-26-20-28-22(3)19-29(33(38)41-5-2)34-31(28)35(26)21-23-15-17-24(18-16-23)27-13-9-10-14-30(27)36(42(39)40)32(37)25-11-7-6-8-12-25/h6-20H,4-5,21H2,1-3H3,(H,39,40)/p-1. The number of aryl methyl sites for hydroxylation is 2. The van der Waals surface area contributed by atoms with E-state index < -0.39 is 23.1 Å². The Bertz CT molecular complexity index is 1780. The number of esters is 1. The number of amides is 1. The Balaban J connectivity index is 1.49. The van der Waals surface area contributed by atoms with Gasteiger partial charge in [0.2, 0.25) is 0 Å². The minimum Gasteiger partial charge on any atom is -0.755 e. The lowest BCUT2D eigenvalue weighted by Gasteiger charge is -2.26. The van der Waals surface area contributed by atoms with Gasteiger partial charge in [-0.05, 0) is 67.3 Å². The van der Waals surface area contributed by atoms with Crippen molar-refractivity contribution in [3.63, 3.8) is 0 Å². The number of carbonyl (C=O) groups excluding carboxylic acids is 2. The minimum atomic E-state index is -2.83. The summed E-state index contributed by atoms with van der Waals surface area (Å²) in [6.07, 6.45) is 0.785. The van der Waals surface area contributed by atoms with Gasteiger partial charge in [0.1, 0.15) is 5.65 Å². The zero-order valence-electron chi connectivity index (χ0n) is 23.6. The highest BCUT2D eigenvalue weighted by molar-refractivity contribution is 7.81. The van der Waals surface area contributed by atoms with Crippen molar-refractivity contribution in [2.45, 2.75) is 33.7 Å². The van der Waals surface area contributed by atoms with Crippen LogP contribution in [0.5, 0.6) is 0 Å². The number of hydrogen-bond donors (Lipinski definition) is 0. The van der Waals surface area contributed by atoms with Gasteiger partial charge in [0.25, 0.3) is 5.91 Å². The molecule has 0 bridgehead atoms. The van der Waals surface area contributed by atoms with Gasteiger partial charge in [-0.3, -0.25) is 9.00 Å². The van der Waals surface area contributed by atoms with Crippen LogP contribution in [0.3, 0.4) is 0 Å². The van der Waals surface area contributed by atoms with Crippen LogP contribution in [0.15, 0.2) is 91.0 Å². The van der Waals surface area contributed by atoms with Crippen LogP contribution in [-0.2, 0) is 29.0 Å². The van der Waals surface area contributed by atoms with Gasteiger partial charge in [0, 0.05) is 28.8 Å². The van der Waals surface area contributed by atoms with E-state index in [9.17, 15) is 18.4 Å². The summed E-state index contributed by atoms with van der Waals surface area (Å²) < 4.78 is 32.7. The first-order valence-electron chi connectivity index (χ1n) is 13.7. The molecule has 5 rings (SSSR count). The third kappa shape index (κ3) is 5.74. The van der Waals surface area contributed by atoms with Crippen molar-refractivity contribution in [1.82, 2.24) is 9.55 Å². The van der Waals surface area contributed by atoms with Crippen molar-refractivity contribution in [1.29, 1.82) is 0 Å². The van der Waals surface area contributed by atoms with E-state index in [2.05, 4.69) is 22.5 Å². The van der Waals surface area contributed by atoms with E-state index in [0.29, 0.717) is 12.1 Å². The van der Waals surface area contributed by atoms with Crippen LogP contribution in [0.1, 0.15) is 51.5 Å². The lowest BCUT2D eigenvalue weighted by atomic mass is 10.0. The zero-order valence-corrected chi connectivity index (χ0v) is 24.4. The largest absolute Gasteiger partial charge is 0.755 e. The van der Waals surface area contributed by atoms with Gasteiger partial charge in [0.05, 0.1) is 23.6 Å². The molecule has 2 aromatic heterocycles. The summed E-state index contributed by atoms with van der Waals surface area (Å²) in [5.41, 5.74) is 5.94. The summed E-state index contributed by atoms with van der Waals surface area (Å²) in [6.45, 7) is 6.61. The van der Waals surface area contributed by atoms with Crippen molar-refractivity contribution in [3.8, 4) is 11.1 Å². The Morgan fingerprint density at radius 1 is 0.952 bits per heavy atom. The molecule has 214 valence electrons. The fraction of sp³-hybridized carbons (Fsp3) is 0.182. The molecule has 3 aromatic carbocycles. The van der Waals surface area contributed by atoms with E-state index in [1.165, 1.54) is 0 Å². The summed E-state index contributed by atoms with van der Waals surface area (Å²) in [7, 11) is 0. The van der Waals surface area contributed by atoms with Crippen molar-refractivity contribution < 1.29 is 23.1 Å². The predicted octanol–water partition coefficient (Wildman–Crippen LogP) is 6.24. The van der Waals surface area contributed by atoms with E-state index in [1.54, 1.807) is 67.6 Å². The second kappa shape index (κ2) is 12.5. The summed E-state index contributed by atoms with van der Waals surface area (Å²) in [5, 5.41) is 0.985. The highest BCUT2D eigenvalue weighted by atomic mass is 32.2. The second-order valence-electron chi connectivity index (χ2n) is 9.75. The molecule has 8 nitrogen and oxygen atoms in total. The molecule has 9 heteroatoms. The number of rotatable bonds is 9. The molecule has 2 heterocycles. The number of nitrogens with zero attached hydrogens (tertiary/aromatic N) is 3. The molecule has 0 aliphatic carbocycles. The van der Waals surface area contributed by atoms with Gasteiger partial charge in [-0.15, -0.1) is 0 Å². The summed E-state index contributed by atoms with van der Waals surface area (Å²) >= 11 is -2.83. The second-order valence-corrected chi connectivity index (χ2v) is 10.6. The highest BCUT2D eigenvalue weighted by Gasteiger charge is 2.22. The number of ether oxygens (including phenoxy) is 1. The number of carbonyl (C=O) groups is 2. The molecule has 1 atom stereocenters. The molecular formula is C33H30N3O5S-. The molecule has 0 saturated heterocycles. The lowest BCUT2D eigenvalue weighted by molar-refractivity contribution is 0.0519. The van der Waals surface area contributed by atoms with Crippen LogP contribution < -0.4 is 4.31 Å². The van der Waals surface area contributed by atoms with Crippen LogP contribution in [0.25, 0.3) is 22.2 Å². The van der Waals surface area contributed by atoms with Crippen molar-refractivity contribution in [2.75, 3.05) is 10.9 Å². The van der Waals surface area contributed by atoms with Gasteiger partial charge in [0.15, 0.2) is 5.69 Å². The van der Waals surface area contributed by atoms with E-state index in [4.69, 9.17) is 4.74 Å². The molecule has 5 aromatic rings. The Kier molecular flexibility index (Phi) is 8.61. The molecule has 0 aliphatic rings. The number of anilines is 1. The predicted molar refractivity (Wildman–Crippen MR) is 163 cm³/mol. The first-order valence-corrected chi connectivity index (χ1v) is 14.7. The van der Waals surface area contributed by atoms with E-state index >= 15 is 0 Å². The van der Waals surface area contributed by atoms with Crippen molar-refractivity contribution >= 4 is 39.9 Å². The first kappa shape index (κ1) is 28.9. The number of fused-ring (bicyclic) bond motifs is 1. The van der Waals surface area contributed by atoms with E-state index in [0.717, 1.165) is 44.1 Å². The van der Waals surface area contributed by atoms with Crippen molar-refractivity contribution in [3.05, 3.63) is 119 Å². The molecule has 0 aliphatic heterocycles. The monoisotopic (exact) mass is 580 g/mol. The lowest BCUT2D eigenvalue weighted by Crippen LogP contribution is -2.33. The number of hydrogen-bond acceptors (Lipinski definition) is 6. The van der Waals surface area contributed by atoms with Gasteiger partial charge in [-0.2, -0.15) is 0 Å². The molecule has 1 unspecified atom stereocenters. The maximum absolute atomic E-state index is 13.2. The molecule has 0 spiro atoms. The van der Waals surface area contributed by atoms with Gasteiger partial charge in [-0.25, -0.2) is 14.1 Å². The van der Waals surface area contributed by atoms with Crippen LogP contribution in [0.4, 0.5) is 5.69 Å². The Labute approximate surface area is 247 Å². The zero-order chi connectivity index (χ0) is 29.8. The fourth-order valence-corrected chi connectivity index (χ4v) is 5.59. The number of benzene rings is 3. The maximum atomic E-state index is 13.2. The minimum absolute atomic E-state index is 0.267. The van der Waals surface area contributed by atoms with E-state index in [-0.39, 0.29) is 23.6 Å². The topological polar surface area (TPSA) is 105 Å². The highest BCUT2D eigenvalue weighted by Crippen LogP contribution is 2.33. The Morgan fingerprint density at radius 2 is 1.64 bits per heavy atom. The smallest absolute Gasteiger partial charge is 0.357 e. The number of para-hydroxylation sites is 1. The summed E-state index contributed by atoms with van der Waals surface area (Å²) in [6, 6.07) is 26.9. The number of aromatic nitrogens is 2. The summed E-state index contributed by atoms with van der Waals surface area (Å²) in [4.78, 5) is 30.3. The van der Waals surface area contributed by atoms with Crippen LogP contribution >= 0.6 is 0 Å². The van der Waals surface area contributed by atoms with Crippen LogP contribution in [0, 0.1) is 6.92 Å². The average molecular weight is 581 g/mol. The molecule has 0 saturated carbocycles. The Hall–Kier alpha value is -4.60. The fourth-order valence-electron chi connectivity index (χ4n) is 5.03. The summed E-state index contributed by atoms with van der Waals surface area (Å²) in [5.74, 6) is -1.08. The molecule has 0 N–H and O–H groups in total. The normalized spacial score (nSPS) is 11.8. The molecule has 0 radical (unpaired) electrons. The first-order chi connectivity index (χ1) is 20.3. The van der Waals surface area contributed by atoms with Gasteiger partial charge < -0.3 is 13.9 Å². The number of pyridine rings is 1. The maximum Gasteiger partial charge on any atom is 0.357 e. The average Bonchev–Trinajstić information content (AvgIpc) is 3.36.